The second-order valence-electron chi connectivity index (χ2n) is 6.23. The molecule has 0 saturated heterocycles. The first-order valence-corrected chi connectivity index (χ1v) is 8.27. The number of nitrogens with zero attached hydrogens (tertiary/aromatic N) is 1. The second kappa shape index (κ2) is 8.63. The summed E-state index contributed by atoms with van der Waals surface area (Å²) < 4.78 is 0. The predicted octanol–water partition coefficient (Wildman–Crippen LogP) is 3.98. The highest BCUT2D eigenvalue weighted by Crippen LogP contribution is 2.27. The van der Waals surface area contributed by atoms with Gasteiger partial charge in [-0.2, -0.15) is 5.26 Å². The molecule has 7 heteroatoms. The Bertz CT molecular complexity index is 929. The zero-order chi connectivity index (χ0) is 20.0. The monoisotopic (exact) mass is 365 g/mol. The van der Waals surface area contributed by atoms with Gasteiger partial charge in [-0.15, -0.1) is 0 Å². The van der Waals surface area contributed by atoms with Crippen LogP contribution in [0.4, 0.5) is 16.2 Å². The Labute approximate surface area is 156 Å². The number of carbonyl (C=O) groups is 3. The fraction of sp³-hybridized carbons (Fsp3) is 0.200. The van der Waals surface area contributed by atoms with Crippen LogP contribution in [0.25, 0.3) is 0 Å². The molecular formula is C20H19N3O4. The second-order valence-corrected chi connectivity index (χ2v) is 6.23. The van der Waals surface area contributed by atoms with Gasteiger partial charge < -0.3 is 10.4 Å². The van der Waals surface area contributed by atoms with Crippen LogP contribution < -0.4 is 10.6 Å². The maximum Gasteiger partial charge on any atom is 0.409 e. The molecule has 27 heavy (non-hydrogen) atoms. The third-order valence-electron chi connectivity index (χ3n) is 3.86. The number of carboxylic acid groups (broad SMARTS) is 1. The number of amides is 2. The van der Waals surface area contributed by atoms with E-state index in [2.05, 4.69) is 10.6 Å². The number of Topliss-reactive ketones (excluding diaryl/α,β-unsaturated/α-hetero) is 1. The molecule has 3 N–H and O–H groups in total. The minimum Gasteiger partial charge on any atom is -0.465 e. The highest BCUT2D eigenvalue weighted by molar-refractivity contribution is 6.12. The van der Waals surface area contributed by atoms with E-state index in [-0.39, 0.29) is 22.9 Å². The molecule has 0 aromatic heterocycles. The summed E-state index contributed by atoms with van der Waals surface area (Å²) >= 11 is 0. The Kier molecular flexibility index (Phi) is 6.28. The van der Waals surface area contributed by atoms with E-state index in [0.29, 0.717) is 5.56 Å². The van der Waals surface area contributed by atoms with E-state index in [1.165, 1.54) is 12.1 Å². The Balaban J connectivity index is 2.18. The summed E-state index contributed by atoms with van der Waals surface area (Å²) in [5.74, 6) is -0.830. The number of hydrogen-bond acceptors (Lipinski definition) is 4. The topological polar surface area (TPSA) is 119 Å². The van der Waals surface area contributed by atoms with E-state index in [4.69, 9.17) is 10.4 Å². The fourth-order valence-electron chi connectivity index (χ4n) is 2.45. The van der Waals surface area contributed by atoms with Crippen molar-refractivity contribution in [3.8, 4) is 6.07 Å². The molecule has 2 aromatic rings. The minimum absolute atomic E-state index is 0.176. The molecule has 0 bridgehead atoms. The maximum atomic E-state index is 12.3. The Hall–Kier alpha value is -3.66. The molecule has 0 saturated carbocycles. The van der Waals surface area contributed by atoms with Gasteiger partial charge in [-0.1, -0.05) is 32.0 Å². The molecule has 0 atom stereocenters. The molecule has 2 amide bonds. The third-order valence-corrected chi connectivity index (χ3v) is 3.86. The molecule has 0 spiro atoms. The molecule has 138 valence electrons. The molecule has 0 unspecified atom stereocenters. The van der Waals surface area contributed by atoms with Crippen molar-refractivity contribution >= 4 is 29.2 Å². The third kappa shape index (κ3) is 5.41. The van der Waals surface area contributed by atoms with Crippen LogP contribution in [0.5, 0.6) is 0 Å². The van der Waals surface area contributed by atoms with Crippen molar-refractivity contribution in [2.45, 2.75) is 26.2 Å². The van der Waals surface area contributed by atoms with Crippen LogP contribution >= 0.6 is 0 Å². The first-order chi connectivity index (χ1) is 12.8. The van der Waals surface area contributed by atoms with Crippen LogP contribution in [-0.2, 0) is 4.79 Å². The fourth-order valence-corrected chi connectivity index (χ4v) is 2.45. The first kappa shape index (κ1) is 19.7. The molecule has 0 fully saturated rings. The number of benzene rings is 2. The lowest BCUT2D eigenvalue weighted by Crippen LogP contribution is -2.19. The van der Waals surface area contributed by atoms with E-state index >= 15 is 0 Å². The van der Waals surface area contributed by atoms with Crippen LogP contribution in [0.3, 0.4) is 0 Å². The molecule has 0 aliphatic rings. The number of hydrogen-bond donors (Lipinski definition) is 3. The number of rotatable bonds is 6. The number of ketones is 1. The normalized spacial score (nSPS) is 10.1. The summed E-state index contributed by atoms with van der Waals surface area (Å²) in [6.45, 7) is 3.94. The average Bonchev–Trinajstić information content (AvgIpc) is 2.62. The van der Waals surface area contributed by atoms with Crippen molar-refractivity contribution in [2.75, 3.05) is 10.6 Å². The van der Waals surface area contributed by atoms with Gasteiger partial charge in [-0.3, -0.25) is 14.9 Å². The van der Waals surface area contributed by atoms with Crippen LogP contribution in [-0.4, -0.2) is 22.9 Å². The molecule has 2 aromatic carbocycles. The van der Waals surface area contributed by atoms with Crippen molar-refractivity contribution in [3.63, 3.8) is 0 Å². The van der Waals surface area contributed by atoms with Crippen molar-refractivity contribution in [2.24, 2.45) is 0 Å². The Morgan fingerprint density at radius 3 is 2.44 bits per heavy atom. The minimum atomic E-state index is -1.26. The summed E-state index contributed by atoms with van der Waals surface area (Å²) in [7, 11) is 0. The first-order valence-electron chi connectivity index (χ1n) is 8.27. The van der Waals surface area contributed by atoms with Gasteiger partial charge in [-0.25, -0.2) is 4.79 Å². The van der Waals surface area contributed by atoms with E-state index in [0.717, 1.165) is 5.56 Å². The lowest BCUT2D eigenvalue weighted by Gasteiger charge is -2.14. The lowest BCUT2D eigenvalue weighted by atomic mass is 10.0. The molecule has 2 rings (SSSR count). The Morgan fingerprint density at radius 2 is 1.81 bits per heavy atom. The zero-order valence-electron chi connectivity index (χ0n) is 14.9. The van der Waals surface area contributed by atoms with Crippen molar-refractivity contribution in [1.82, 2.24) is 0 Å². The maximum absolute atomic E-state index is 12.3. The molecule has 0 aliphatic carbocycles. The number of carbonyl (C=O) groups excluding carboxylic acids is 2. The van der Waals surface area contributed by atoms with Crippen molar-refractivity contribution in [3.05, 3.63) is 59.2 Å². The molecule has 7 nitrogen and oxygen atoms in total. The van der Waals surface area contributed by atoms with Gasteiger partial charge in [-0.05, 0) is 35.7 Å². The van der Waals surface area contributed by atoms with E-state index < -0.39 is 24.2 Å². The van der Waals surface area contributed by atoms with Crippen LogP contribution in [0.15, 0.2) is 42.5 Å². The highest BCUT2D eigenvalue weighted by atomic mass is 16.4. The van der Waals surface area contributed by atoms with Gasteiger partial charge in [0.25, 0.3) is 0 Å². The van der Waals surface area contributed by atoms with Gasteiger partial charge >= 0.3 is 6.09 Å². The standard InChI is InChI=1S/C20H19N3O4/c1-12(2)14-6-7-16(23-20(26)27)17(9-14)22-19(25)10-18(24)15-5-3-4-13(8-15)11-21/h3-9,12,23H,10H2,1-2H3,(H,22,25)(H,26,27). The van der Waals surface area contributed by atoms with Crippen LogP contribution in [0.2, 0.25) is 0 Å². The number of anilines is 2. The lowest BCUT2D eigenvalue weighted by molar-refractivity contribution is -0.115. The van der Waals surface area contributed by atoms with Gasteiger partial charge in [0.2, 0.25) is 5.91 Å². The van der Waals surface area contributed by atoms with Crippen LogP contribution in [0, 0.1) is 11.3 Å². The highest BCUT2D eigenvalue weighted by Gasteiger charge is 2.15. The molecular weight excluding hydrogens is 346 g/mol. The molecule has 0 aliphatic heterocycles. The summed E-state index contributed by atoms with van der Waals surface area (Å²) in [6, 6.07) is 13.1. The summed E-state index contributed by atoms with van der Waals surface area (Å²) in [5.41, 5.74) is 2.02. The SMILES string of the molecule is CC(C)c1ccc(NC(=O)O)c(NC(=O)CC(=O)c2cccc(C#N)c2)c1. The van der Waals surface area contributed by atoms with E-state index in [1.807, 2.05) is 19.9 Å². The Morgan fingerprint density at radius 1 is 1.07 bits per heavy atom. The van der Waals surface area contributed by atoms with Crippen molar-refractivity contribution in [1.29, 1.82) is 5.26 Å². The summed E-state index contributed by atoms with van der Waals surface area (Å²) in [5, 5.41) is 22.7. The van der Waals surface area contributed by atoms with E-state index in [1.54, 1.807) is 30.3 Å². The van der Waals surface area contributed by atoms with Gasteiger partial charge in [0.1, 0.15) is 0 Å². The predicted molar refractivity (Wildman–Crippen MR) is 101 cm³/mol. The quantitative estimate of drug-likeness (QED) is 0.528. The summed E-state index contributed by atoms with van der Waals surface area (Å²) in [6.07, 6.45) is -1.68. The van der Waals surface area contributed by atoms with Gasteiger partial charge in [0.05, 0.1) is 29.4 Å². The smallest absolute Gasteiger partial charge is 0.409 e. The van der Waals surface area contributed by atoms with Crippen molar-refractivity contribution < 1.29 is 19.5 Å². The largest absolute Gasteiger partial charge is 0.465 e. The number of nitriles is 1. The van der Waals surface area contributed by atoms with E-state index in [9.17, 15) is 14.4 Å². The summed E-state index contributed by atoms with van der Waals surface area (Å²) in [4.78, 5) is 35.5. The number of nitrogens with one attached hydrogen (secondary N) is 2. The average molecular weight is 365 g/mol. The van der Waals surface area contributed by atoms with Crippen LogP contribution in [0.1, 0.15) is 47.7 Å². The van der Waals surface area contributed by atoms with Gasteiger partial charge in [0, 0.05) is 5.56 Å². The molecule has 0 radical (unpaired) electrons. The van der Waals surface area contributed by atoms with Gasteiger partial charge in [0.15, 0.2) is 5.78 Å². The zero-order valence-corrected chi connectivity index (χ0v) is 14.9. The molecule has 0 heterocycles.